The molecule has 0 bridgehead atoms. The first-order valence-electron chi connectivity index (χ1n) is 9.56. The molecule has 10 heteroatoms. The Morgan fingerprint density at radius 3 is 2.56 bits per heavy atom. The van der Waals surface area contributed by atoms with E-state index in [-0.39, 0.29) is 22.5 Å². The first kappa shape index (κ1) is 21.5. The van der Waals surface area contributed by atoms with Crippen molar-refractivity contribution in [3.05, 3.63) is 76.5 Å². The van der Waals surface area contributed by atoms with Crippen LogP contribution in [0, 0.1) is 0 Å². The maximum Gasteiger partial charge on any atom is 0.369 e. The third-order valence-electron chi connectivity index (χ3n) is 4.24. The third kappa shape index (κ3) is 4.79. The number of ether oxygens (including phenoxy) is 1. The monoisotopic (exact) mass is 465 g/mol. The highest BCUT2D eigenvalue weighted by molar-refractivity contribution is 7.16. The van der Waals surface area contributed by atoms with E-state index in [1.54, 1.807) is 31.2 Å². The largest absolute Gasteiger partial charge is 0.461 e. The van der Waals surface area contributed by atoms with Crippen LogP contribution in [-0.2, 0) is 4.74 Å². The van der Waals surface area contributed by atoms with Gasteiger partial charge in [0.15, 0.2) is 5.82 Å². The van der Waals surface area contributed by atoms with Crippen LogP contribution < -0.4 is 5.32 Å². The zero-order chi connectivity index (χ0) is 22.5. The van der Waals surface area contributed by atoms with Crippen LogP contribution in [0.5, 0.6) is 0 Å². The summed E-state index contributed by atoms with van der Waals surface area (Å²) in [7, 11) is 0. The Kier molecular flexibility index (Phi) is 6.48. The molecule has 0 saturated heterocycles. The number of nitrogens with one attached hydrogen (secondary N) is 1. The lowest BCUT2D eigenvalue weighted by Gasteiger charge is -2.10. The summed E-state index contributed by atoms with van der Waals surface area (Å²) in [4.78, 5) is 33.4. The van der Waals surface area contributed by atoms with Gasteiger partial charge in [-0.2, -0.15) is 0 Å². The highest BCUT2D eigenvalue weighted by atomic mass is 35.5. The number of carbonyl (C=O) groups is 2. The molecule has 0 unspecified atom stereocenters. The second kappa shape index (κ2) is 9.63. The fraction of sp³-hybridized carbons (Fsp3) is 0.0909. The van der Waals surface area contributed by atoms with E-state index in [0.29, 0.717) is 22.1 Å². The van der Waals surface area contributed by atoms with E-state index in [1.807, 2.05) is 30.3 Å². The van der Waals surface area contributed by atoms with Crippen LogP contribution in [0.25, 0.3) is 22.0 Å². The van der Waals surface area contributed by atoms with Gasteiger partial charge in [-0.25, -0.2) is 14.8 Å². The number of halogens is 1. The quantitative estimate of drug-likeness (QED) is 0.323. The molecule has 0 fully saturated rings. The Hall–Kier alpha value is -3.69. The van der Waals surface area contributed by atoms with Gasteiger partial charge in [0, 0.05) is 17.2 Å². The topological polar surface area (TPSA) is 107 Å². The molecule has 0 radical (unpaired) electrons. The fourth-order valence-corrected chi connectivity index (χ4v) is 3.78. The first-order valence-corrected chi connectivity index (χ1v) is 10.8. The number of para-hydroxylation sites is 1. The predicted molar refractivity (Wildman–Crippen MR) is 122 cm³/mol. The van der Waals surface area contributed by atoms with Crippen molar-refractivity contribution in [3.63, 3.8) is 0 Å². The van der Waals surface area contributed by atoms with Gasteiger partial charge in [0.2, 0.25) is 5.01 Å². The lowest BCUT2D eigenvalue weighted by atomic mass is 10.2. The molecule has 0 saturated carbocycles. The van der Waals surface area contributed by atoms with Gasteiger partial charge in [-0.05, 0) is 19.1 Å². The molecular formula is C22H16ClN5O3S. The Labute approximate surface area is 192 Å². The maximum absolute atomic E-state index is 13.0. The Morgan fingerprint density at radius 1 is 1.03 bits per heavy atom. The van der Waals surface area contributed by atoms with E-state index in [0.717, 1.165) is 16.9 Å². The standard InChI is InChI=1S/C22H16ClN5O3S/c1-2-31-22(30)21-28-27-20(32-21)14-10-6-7-11-15(14)25-19(29)16-12-17(23)26-18(24-16)13-8-4-3-5-9-13/h3-12H,2H2,1H3,(H,25,29). The second-order valence-corrected chi connectivity index (χ2v) is 7.76. The number of hydrogen-bond acceptors (Lipinski definition) is 8. The van der Waals surface area contributed by atoms with Gasteiger partial charge in [-0.1, -0.05) is 65.4 Å². The summed E-state index contributed by atoms with van der Waals surface area (Å²) in [5.74, 6) is -0.657. The minimum absolute atomic E-state index is 0.114. The lowest BCUT2D eigenvalue weighted by molar-refractivity contribution is 0.0525. The van der Waals surface area contributed by atoms with E-state index >= 15 is 0 Å². The Balaban J connectivity index is 1.62. The smallest absolute Gasteiger partial charge is 0.369 e. The number of aromatic nitrogens is 4. The SMILES string of the molecule is CCOC(=O)c1nnc(-c2ccccc2NC(=O)c2cc(Cl)nc(-c3ccccc3)n2)s1. The van der Waals surface area contributed by atoms with Crippen LogP contribution in [0.1, 0.15) is 27.2 Å². The van der Waals surface area contributed by atoms with Gasteiger partial charge in [0.25, 0.3) is 5.91 Å². The first-order chi connectivity index (χ1) is 15.5. The molecule has 0 spiro atoms. The minimum atomic E-state index is -0.540. The van der Waals surface area contributed by atoms with Crippen LogP contribution >= 0.6 is 22.9 Å². The predicted octanol–water partition coefficient (Wildman–Crippen LogP) is 4.74. The molecule has 8 nitrogen and oxygen atoms in total. The summed E-state index contributed by atoms with van der Waals surface area (Å²) in [6.07, 6.45) is 0. The van der Waals surface area contributed by atoms with E-state index in [9.17, 15) is 9.59 Å². The molecular weight excluding hydrogens is 450 g/mol. The van der Waals surface area contributed by atoms with Gasteiger partial charge in [0.1, 0.15) is 15.9 Å². The van der Waals surface area contributed by atoms with Crippen molar-refractivity contribution in [2.24, 2.45) is 0 Å². The molecule has 160 valence electrons. The number of carbonyl (C=O) groups excluding carboxylic acids is 2. The van der Waals surface area contributed by atoms with Crippen molar-refractivity contribution in [1.82, 2.24) is 20.2 Å². The number of amides is 1. The van der Waals surface area contributed by atoms with Crippen molar-refractivity contribution in [2.45, 2.75) is 6.92 Å². The van der Waals surface area contributed by atoms with Crippen molar-refractivity contribution in [2.75, 3.05) is 11.9 Å². The van der Waals surface area contributed by atoms with E-state index < -0.39 is 11.9 Å². The van der Waals surface area contributed by atoms with E-state index in [1.165, 1.54) is 6.07 Å². The third-order valence-corrected chi connectivity index (χ3v) is 5.37. The number of benzene rings is 2. The number of esters is 1. The van der Waals surface area contributed by atoms with Crippen LogP contribution in [0.4, 0.5) is 5.69 Å². The molecule has 1 amide bonds. The highest BCUT2D eigenvalue weighted by Gasteiger charge is 2.19. The van der Waals surface area contributed by atoms with Crippen molar-refractivity contribution >= 4 is 40.5 Å². The van der Waals surface area contributed by atoms with Crippen LogP contribution in [0.2, 0.25) is 5.15 Å². The Bertz CT molecular complexity index is 1280. The highest BCUT2D eigenvalue weighted by Crippen LogP contribution is 2.31. The van der Waals surface area contributed by atoms with E-state index in [2.05, 4.69) is 25.5 Å². The van der Waals surface area contributed by atoms with Crippen molar-refractivity contribution in [1.29, 1.82) is 0 Å². The Morgan fingerprint density at radius 2 is 1.78 bits per heavy atom. The summed E-state index contributed by atoms with van der Waals surface area (Å²) in [5, 5.41) is 11.5. The molecule has 2 aromatic heterocycles. The van der Waals surface area contributed by atoms with Gasteiger partial charge >= 0.3 is 5.97 Å². The summed E-state index contributed by atoms with van der Waals surface area (Å²) >= 11 is 7.22. The second-order valence-electron chi connectivity index (χ2n) is 6.40. The number of nitrogens with zero attached hydrogens (tertiary/aromatic N) is 4. The summed E-state index contributed by atoms with van der Waals surface area (Å²) in [6, 6.07) is 17.7. The molecule has 32 heavy (non-hydrogen) atoms. The molecule has 1 N–H and O–H groups in total. The zero-order valence-electron chi connectivity index (χ0n) is 16.8. The average molecular weight is 466 g/mol. The normalized spacial score (nSPS) is 10.6. The average Bonchev–Trinajstić information content (AvgIpc) is 3.30. The van der Waals surface area contributed by atoms with Crippen molar-refractivity contribution < 1.29 is 14.3 Å². The number of rotatable bonds is 6. The molecule has 0 atom stereocenters. The minimum Gasteiger partial charge on any atom is -0.461 e. The van der Waals surface area contributed by atoms with E-state index in [4.69, 9.17) is 16.3 Å². The van der Waals surface area contributed by atoms with Gasteiger partial charge in [0.05, 0.1) is 12.3 Å². The summed E-state index contributed by atoms with van der Waals surface area (Å²) < 4.78 is 4.96. The zero-order valence-corrected chi connectivity index (χ0v) is 18.4. The molecule has 0 aliphatic heterocycles. The molecule has 0 aliphatic rings. The van der Waals surface area contributed by atoms with Gasteiger partial charge in [-0.3, -0.25) is 4.79 Å². The summed E-state index contributed by atoms with van der Waals surface area (Å²) in [5.41, 5.74) is 1.95. The number of hydrogen-bond donors (Lipinski definition) is 1. The maximum atomic E-state index is 13.0. The summed E-state index contributed by atoms with van der Waals surface area (Å²) in [6.45, 7) is 1.96. The lowest BCUT2D eigenvalue weighted by Crippen LogP contribution is -2.15. The van der Waals surface area contributed by atoms with Gasteiger partial charge < -0.3 is 10.1 Å². The van der Waals surface area contributed by atoms with Crippen molar-refractivity contribution in [3.8, 4) is 22.0 Å². The van der Waals surface area contributed by atoms with Gasteiger partial charge in [-0.15, -0.1) is 10.2 Å². The van der Waals surface area contributed by atoms with Crippen LogP contribution in [0.3, 0.4) is 0 Å². The fourth-order valence-electron chi connectivity index (χ4n) is 2.82. The van der Waals surface area contributed by atoms with Crippen LogP contribution in [-0.4, -0.2) is 38.6 Å². The molecule has 2 aromatic carbocycles. The molecule has 4 aromatic rings. The molecule has 2 heterocycles. The van der Waals surface area contributed by atoms with Crippen LogP contribution in [0.15, 0.2) is 60.7 Å². The molecule has 0 aliphatic carbocycles. The number of anilines is 1. The molecule has 4 rings (SSSR count).